The maximum atomic E-state index is 15.9. The molecule has 6 heterocycles. The molecule has 0 saturated heterocycles. The number of hydrogen-bond donors (Lipinski definition) is 3. The zero-order valence-electron chi connectivity index (χ0n) is 19.2. The van der Waals surface area contributed by atoms with Crippen LogP contribution in [0.3, 0.4) is 0 Å². The normalized spacial score (nSPS) is 11.4. The van der Waals surface area contributed by atoms with Crippen LogP contribution in [-0.2, 0) is 4.79 Å². The number of aromatic nitrogens is 9. The lowest BCUT2D eigenvalue weighted by atomic mass is 10.1. The lowest BCUT2D eigenvalue weighted by Crippen LogP contribution is -2.09. The van der Waals surface area contributed by atoms with E-state index >= 15 is 4.39 Å². The summed E-state index contributed by atoms with van der Waals surface area (Å²) in [5, 5.41) is 10.1. The van der Waals surface area contributed by atoms with E-state index < -0.39 is 5.82 Å². The minimum absolute atomic E-state index is 0.0811. The van der Waals surface area contributed by atoms with E-state index in [0.29, 0.717) is 46.0 Å². The van der Waals surface area contributed by atoms with E-state index in [2.05, 4.69) is 40.4 Å². The molecule has 3 N–H and O–H groups in total. The van der Waals surface area contributed by atoms with E-state index in [1.165, 1.54) is 18.6 Å². The fourth-order valence-corrected chi connectivity index (χ4v) is 3.99. The topological polar surface area (TPSA) is 143 Å². The molecular formula is C24H19FN10O. The van der Waals surface area contributed by atoms with Gasteiger partial charge >= 0.3 is 0 Å². The number of amides is 1. The number of aryl methyl sites for hydroxylation is 1. The quantitative estimate of drug-likeness (QED) is 0.338. The first kappa shape index (κ1) is 21.5. The molecule has 0 aliphatic carbocycles. The molecule has 1 amide bonds. The smallest absolute Gasteiger partial charge is 0.224 e. The third kappa shape index (κ3) is 3.55. The van der Waals surface area contributed by atoms with Gasteiger partial charge in [0.2, 0.25) is 5.91 Å². The molecule has 0 fully saturated rings. The summed E-state index contributed by atoms with van der Waals surface area (Å²) < 4.78 is 17.7. The molecule has 0 saturated carbocycles. The van der Waals surface area contributed by atoms with Crippen LogP contribution in [0.1, 0.15) is 19.0 Å². The van der Waals surface area contributed by atoms with Crippen molar-refractivity contribution >= 4 is 33.5 Å². The molecule has 0 bridgehead atoms. The van der Waals surface area contributed by atoms with Crippen LogP contribution in [0.15, 0.2) is 49.4 Å². The molecule has 0 radical (unpaired) electrons. The highest BCUT2D eigenvalue weighted by atomic mass is 19.1. The monoisotopic (exact) mass is 482 g/mol. The van der Waals surface area contributed by atoms with Gasteiger partial charge in [0.1, 0.15) is 23.2 Å². The molecule has 6 aromatic rings. The fourth-order valence-electron chi connectivity index (χ4n) is 3.99. The Morgan fingerprint density at radius 1 is 1.14 bits per heavy atom. The van der Waals surface area contributed by atoms with Crippen molar-refractivity contribution in [3.8, 4) is 28.6 Å². The van der Waals surface area contributed by atoms with Crippen LogP contribution in [0.25, 0.3) is 50.5 Å². The summed E-state index contributed by atoms with van der Waals surface area (Å²) in [5.74, 6) is 0.219. The van der Waals surface area contributed by atoms with Crippen molar-refractivity contribution in [2.75, 3.05) is 5.32 Å². The van der Waals surface area contributed by atoms with Crippen LogP contribution in [-0.4, -0.2) is 50.6 Å². The van der Waals surface area contributed by atoms with Gasteiger partial charge in [-0.25, -0.2) is 19.3 Å². The van der Waals surface area contributed by atoms with Crippen molar-refractivity contribution < 1.29 is 9.18 Å². The van der Waals surface area contributed by atoms with Crippen LogP contribution in [0.4, 0.5) is 10.1 Å². The summed E-state index contributed by atoms with van der Waals surface area (Å²) >= 11 is 0. The van der Waals surface area contributed by atoms with Crippen molar-refractivity contribution in [2.45, 2.75) is 20.3 Å². The number of nitrogens with zero attached hydrogens (tertiary/aromatic N) is 7. The number of nitrogens with one attached hydrogen (secondary N) is 3. The summed E-state index contributed by atoms with van der Waals surface area (Å²) in [6.07, 6.45) is 9.99. The summed E-state index contributed by atoms with van der Waals surface area (Å²) in [7, 11) is 0. The standard InChI is InChI=1S/C24H19FN10O/c1-3-17(36)30-14-6-13(7-26-8-14)20-19(25)18-16(9-28-20)33-34-22(18)23-31-15-4-5-27-24(21(15)32-23)35-10-12(2)29-11-35/h4-11H,3H2,1-2H3,(H,30,36)(H,31,32)(H,33,34). The van der Waals surface area contributed by atoms with Crippen molar-refractivity contribution in [1.82, 2.24) is 44.7 Å². The van der Waals surface area contributed by atoms with Crippen LogP contribution in [0.2, 0.25) is 0 Å². The molecule has 178 valence electrons. The van der Waals surface area contributed by atoms with Gasteiger partial charge in [-0.05, 0) is 19.1 Å². The highest BCUT2D eigenvalue weighted by Crippen LogP contribution is 2.33. The summed E-state index contributed by atoms with van der Waals surface area (Å²) in [6, 6.07) is 3.42. The number of carbonyl (C=O) groups is 1. The van der Waals surface area contributed by atoms with Crippen molar-refractivity contribution in [3.63, 3.8) is 0 Å². The highest BCUT2D eigenvalue weighted by molar-refractivity contribution is 5.96. The molecule has 0 atom stereocenters. The predicted octanol–water partition coefficient (Wildman–Crippen LogP) is 3.94. The molecule has 11 nitrogen and oxygen atoms in total. The number of halogens is 1. The Kier molecular flexibility index (Phi) is 4.99. The lowest BCUT2D eigenvalue weighted by Gasteiger charge is -2.07. The Hall–Kier alpha value is -5.00. The van der Waals surface area contributed by atoms with E-state index in [4.69, 9.17) is 4.98 Å². The van der Waals surface area contributed by atoms with E-state index in [9.17, 15) is 4.79 Å². The van der Waals surface area contributed by atoms with E-state index in [1.54, 1.807) is 36.1 Å². The van der Waals surface area contributed by atoms with Crippen LogP contribution in [0.5, 0.6) is 0 Å². The Balaban J connectivity index is 1.47. The van der Waals surface area contributed by atoms with Crippen molar-refractivity contribution in [3.05, 3.63) is 61.0 Å². The van der Waals surface area contributed by atoms with Crippen molar-refractivity contribution in [2.24, 2.45) is 0 Å². The Morgan fingerprint density at radius 3 is 2.83 bits per heavy atom. The molecule has 0 aromatic carbocycles. The summed E-state index contributed by atoms with van der Waals surface area (Å²) in [5.41, 5.74) is 3.84. The lowest BCUT2D eigenvalue weighted by molar-refractivity contribution is -0.115. The van der Waals surface area contributed by atoms with Gasteiger partial charge in [0.25, 0.3) is 0 Å². The number of fused-ring (bicyclic) bond motifs is 2. The SMILES string of the molecule is CCC(=O)Nc1cncc(-c2ncc3[nH]nc(-c4nc5c(-n6cnc(C)c6)nccc5[nH]4)c3c2F)c1. The average molecular weight is 482 g/mol. The molecular weight excluding hydrogens is 463 g/mol. The number of H-pyrrole nitrogens is 2. The first-order valence-electron chi connectivity index (χ1n) is 11.2. The van der Waals surface area contributed by atoms with Crippen LogP contribution in [0, 0.1) is 12.7 Å². The largest absolute Gasteiger partial charge is 0.336 e. The van der Waals surface area contributed by atoms with Crippen LogP contribution < -0.4 is 5.32 Å². The zero-order chi connectivity index (χ0) is 24.8. The number of hydrogen-bond acceptors (Lipinski definition) is 7. The van der Waals surface area contributed by atoms with Gasteiger partial charge in [-0.15, -0.1) is 0 Å². The number of aromatic amines is 2. The van der Waals surface area contributed by atoms with Gasteiger partial charge in [0.15, 0.2) is 17.5 Å². The molecule has 0 spiro atoms. The second kappa shape index (κ2) is 8.34. The Bertz CT molecular complexity index is 1770. The van der Waals surface area contributed by atoms with Crippen LogP contribution >= 0.6 is 0 Å². The number of anilines is 1. The van der Waals surface area contributed by atoms with E-state index in [0.717, 1.165) is 11.2 Å². The summed E-state index contributed by atoms with van der Waals surface area (Å²) in [6.45, 7) is 3.63. The zero-order valence-corrected chi connectivity index (χ0v) is 19.2. The molecule has 0 unspecified atom stereocenters. The molecule has 36 heavy (non-hydrogen) atoms. The molecule has 12 heteroatoms. The van der Waals surface area contributed by atoms with Crippen molar-refractivity contribution in [1.29, 1.82) is 0 Å². The first-order valence-corrected chi connectivity index (χ1v) is 11.2. The first-order chi connectivity index (χ1) is 17.5. The molecule has 0 aliphatic rings. The average Bonchev–Trinajstić information content (AvgIpc) is 3.62. The third-order valence-corrected chi connectivity index (χ3v) is 5.72. The third-order valence-electron chi connectivity index (χ3n) is 5.72. The Morgan fingerprint density at radius 2 is 2.03 bits per heavy atom. The maximum absolute atomic E-state index is 15.9. The molecule has 0 aliphatic heterocycles. The van der Waals surface area contributed by atoms with Gasteiger partial charge in [-0.2, -0.15) is 5.10 Å². The van der Waals surface area contributed by atoms with Gasteiger partial charge in [0, 0.05) is 30.6 Å². The van der Waals surface area contributed by atoms with Gasteiger partial charge < -0.3 is 10.3 Å². The minimum atomic E-state index is -0.582. The molecule has 6 aromatic heterocycles. The minimum Gasteiger partial charge on any atom is -0.336 e. The maximum Gasteiger partial charge on any atom is 0.224 e. The number of imidazole rings is 2. The van der Waals surface area contributed by atoms with Gasteiger partial charge in [-0.1, -0.05) is 6.92 Å². The van der Waals surface area contributed by atoms with Gasteiger partial charge in [0.05, 0.1) is 40.2 Å². The highest BCUT2D eigenvalue weighted by Gasteiger charge is 2.21. The number of pyridine rings is 3. The second-order valence-corrected chi connectivity index (χ2v) is 8.18. The number of carbonyl (C=O) groups excluding carboxylic acids is 1. The fraction of sp³-hybridized carbons (Fsp3) is 0.125. The molecule has 6 rings (SSSR count). The van der Waals surface area contributed by atoms with E-state index in [1.807, 2.05) is 13.1 Å². The Labute approximate surface area is 202 Å². The van der Waals surface area contributed by atoms with E-state index in [-0.39, 0.29) is 17.0 Å². The second-order valence-electron chi connectivity index (χ2n) is 8.18. The van der Waals surface area contributed by atoms with Gasteiger partial charge in [-0.3, -0.25) is 24.4 Å². The predicted molar refractivity (Wildman–Crippen MR) is 131 cm³/mol. The number of rotatable bonds is 5. The summed E-state index contributed by atoms with van der Waals surface area (Å²) in [4.78, 5) is 36.8.